The first-order valence-electron chi connectivity index (χ1n) is 12.0. The Balaban J connectivity index is 1.49. The molecule has 1 amide bonds. The normalized spacial score (nSPS) is 11.9. The van der Waals surface area contributed by atoms with Gasteiger partial charge in [-0.2, -0.15) is 0 Å². The molecule has 0 fully saturated rings. The number of anilines is 1. The molecular formula is C28H25N5O5. The SMILES string of the molecule is Cc1cc(C(C)Nc2cccnc2C(=O)NCc2nnc(O)o2)c2oc(-c3ccccc3)c(C)c(=O)c2c1. The highest BCUT2D eigenvalue weighted by atomic mass is 16.5. The maximum Gasteiger partial charge on any atom is 0.412 e. The Morgan fingerprint density at radius 1 is 1.05 bits per heavy atom. The maximum absolute atomic E-state index is 13.4. The van der Waals surface area contributed by atoms with Crippen LogP contribution in [0.1, 0.15) is 46.0 Å². The van der Waals surface area contributed by atoms with Gasteiger partial charge in [0.15, 0.2) is 11.1 Å². The van der Waals surface area contributed by atoms with Crippen LogP contribution in [0.4, 0.5) is 5.69 Å². The van der Waals surface area contributed by atoms with Gasteiger partial charge in [0.25, 0.3) is 5.91 Å². The number of rotatable bonds is 7. The molecule has 10 heteroatoms. The van der Waals surface area contributed by atoms with Gasteiger partial charge in [-0.1, -0.05) is 41.5 Å². The predicted molar refractivity (Wildman–Crippen MR) is 141 cm³/mol. The highest BCUT2D eigenvalue weighted by molar-refractivity contribution is 5.97. The third-order valence-corrected chi connectivity index (χ3v) is 6.15. The van der Waals surface area contributed by atoms with Crippen molar-refractivity contribution >= 4 is 22.6 Å². The lowest BCUT2D eigenvalue weighted by Crippen LogP contribution is -2.25. The van der Waals surface area contributed by atoms with Crippen molar-refractivity contribution in [2.75, 3.05) is 5.32 Å². The fourth-order valence-corrected chi connectivity index (χ4v) is 4.32. The monoisotopic (exact) mass is 511 g/mol. The van der Waals surface area contributed by atoms with E-state index >= 15 is 0 Å². The summed E-state index contributed by atoms with van der Waals surface area (Å²) in [6.07, 6.45) is 0.935. The molecule has 192 valence electrons. The summed E-state index contributed by atoms with van der Waals surface area (Å²) in [5.41, 5.74) is 4.07. The van der Waals surface area contributed by atoms with Crippen LogP contribution in [-0.2, 0) is 6.54 Å². The van der Waals surface area contributed by atoms with Crippen LogP contribution in [0.5, 0.6) is 6.08 Å². The summed E-state index contributed by atoms with van der Waals surface area (Å²) in [7, 11) is 0. The van der Waals surface area contributed by atoms with Crippen LogP contribution >= 0.6 is 0 Å². The summed E-state index contributed by atoms with van der Waals surface area (Å²) < 4.78 is 11.3. The Labute approximate surface area is 217 Å². The summed E-state index contributed by atoms with van der Waals surface area (Å²) in [5.74, 6) is 0.106. The fraction of sp³-hybridized carbons (Fsp3) is 0.179. The Hall–Kier alpha value is -4.99. The number of carbonyl (C=O) groups is 1. The molecular weight excluding hydrogens is 486 g/mol. The maximum atomic E-state index is 13.4. The van der Waals surface area contributed by atoms with E-state index in [1.807, 2.05) is 56.3 Å². The Morgan fingerprint density at radius 3 is 2.58 bits per heavy atom. The van der Waals surface area contributed by atoms with Gasteiger partial charge in [0, 0.05) is 22.9 Å². The van der Waals surface area contributed by atoms with E-state index in [2.05, 4.69) is 25.8 Å². The number of hydrogen-bond acceptors (Lipinski definition) is 9. The van der Waals surface area contributed by atoms with Crippen LogP contribution in [0.25, 0.3) is 22.3 Å². The van der Waals surface area contributed by atoms with Crippen molar-refractivity contribution in [1.82, 2.24) is 20.5 Å². The van der Waals surface area contributed by atoms with Crippen LogP contribution in [-0.4, -0.2) is 26.2 Å². The van der Waals surface area contributed by atoms with E-state index in [4.69, 9.17) is 8.83 Å². The molecule has 1 unspecified atom stereocenters. The highest BCUT2D eigenvalue weighted by Crippen LogP contribution is 2.32. The molecule has 3 N–H and O–H groups in total. The van der Waals surface area contributed by atoms with E-state index < -0.39 is 12.0 Å². The van der Waals surface area contributed by atoms with Crippen LogP contribution in [0.3, 0.4) is 0 Å². The zero-order valence-corrected chi connectivity index (χ0v) is 21.0. The largest absolute Gasteiger partial charge is 0.465 e. The van der Waals surface area contributed by atoms with Gasteiger partial charge < -0.3 is 24.6 Å². The van der Waals surface area contributed by atoms with Crippen molar-refractivity contribution in [2.45, 2.75) is 33.4 Å². The standard InChI is InChI=1S/C28H25N5O5/c1-15-12-19(26-20(13-15)24(34)16(2)25(38-26)18-8-5-4-6-9-18)17(3)31-21-10-7-11-29-23(21)27(35)30-14-22-32-33-28(36)37-22/h4-13,17,31H,14H2,1-3H3,(H,30,35)(H,33,36). The van der Waals surface area contributed by atoms with Crippen LogP contribution in [0.2, 0.25) is 0 Å². The van der Waals surface area contributed by atoms with E-state index in [9.17, 15) is 14.7 Å². The number of carbonyl (C=O) groups excluding carboxylic acids is 1. The second-order valence-electron chi connectivity index (χ2n) is 8.91. The number of benzene rings is 2. The zero-order chi connectivity index (χ0) is 26.8. The number of aromatic hydroxyl groups is 1. The minimum atomic E-state index is -0.578. The average molecular weight is 512 g/mol. The molecule has 0 aliphatic rings. The second kappa shape index (κ2) is 10.2. The lowest BCUT2D eigenvalue weighted by Gasteiger charge is -2.20. The third kappa shape index (κ3) is 4.83. The Morgan fingerprint density at radius 2 is 1.84 bits per heavy atom. The molecule has 5 aromatic rings. The summed E-state index contributed by atoms with van der Waals surface area (Å²) in [6.45, 7) is 5.54. The van der Waals surface area contributed by atoms with Gasteiger partial charge in [0.05, 0.1) is 23.7 Å². The predicted octanol–water partition coefficient (Wildman–Crippen LogP) is 4.66. The smallest absolute Gasteiger partial charge is 0.412 e. The molecule has 0 saturated carbocycles. The molecule has 0 saturated heterocycles. The number of nitrogens with one attached hydrogen (secondary N) is 2. The Bertz CT molecular complexity index is 1690. The summed E-state index contributed by atoms with van der Waals surface area (Å²) in [6, 6.07) is 16.4. The topological polar surface area (TPSA) is 143 Å². The summed E-state index contributed by atoms with van der Waals surface area (Å²) in [4.78, 5) is 30.5. The molecule has 0 bridgehead atoms. The summed E-state index contributed by atoms with van der Waals surface area (Å²) in [5, 5.41) is 22.7. The van der Waals surface area contributed by atoms with Gasteiger partial charge in [-0.15, -0.1) is 5.10 Å². The molecule has 1 atom stereocenters. The van der Waals surface area contributed by atoms with Crippen molar-refractivity contribution in [3.8, 4) is 17.4 Å². The molecule has 3 heterocycles. The van der Waals surface area contributed by atoms with Crippen molar-refractivity contribution in [3.05, 3.63) is 99.3 Å². The second-order valence-corrected chi connectivity index (χ2v) is 8.91. The average Bonchev–Trinajstić information content (AvgIpc) is 3.35. The molecule has 3 aromatic heterocycles. The van der Waals surface area contributed by atoms with Crippen molar-refractivity contribution in [2.24, 2.45) is 0 Å². The molecule has 0 radical (unpaired) electrons. The first-order chi connectivity index (χ1) is 18.3. The molecule has 10 nitrogen and oxygen atoms in total. The van der Waals surface area contributed by atoms with Gasteiger partial charge in [0.2, 0.25) is 5.89 Å². The first-order valence-corrected chi connectivity index (χ1v) is 12.0. The number of aromatic nitrogens is 3. The molecule has 0 aliphatic carbocycles. The van der Waals surface area contributed by atoms with Crippen LogP contribution in [0.15, 0.2) is 74.4 Å². The van der Waals surface area contributed by atoms with Crippen molar-refractivity contribution in [3.63, 3.8) is 0 Å². The quantitative estimate of drug-likeness (QED) is 0.284. The molecule has 5 rings (SSSR count). The number of pyridine rings is 1. The molecule has 38 heavy (non-hydrogen) atoms. The van der Waals surface area contributed by atoms with E-state index in [0.717, 1.165) is 16.7 Å². The number of aryl methyl sites for hydroxylation is 1. The van der Waals surface area contributed by atoms with Gasteiger partial charge >= 0.3 is 6.08 Å². The minimum absolute atomic E-state index is 0.0560. The van der Waals surface area contributed by atoms with Crippen LogP contribution < -0.4 is 16.1 Å². The van der Waals surface area contributed by atoms with E-state index in [0.29, 0.717) is 28.0 Å². The first kappa shape index (κ1) is 24.7. The number of fused-ring (bicyclic) bond motifs is 1. The van der Waals surface area contributed by atoms with Crippen molar-refractivity contribution < 1.29 is 18.7 Å². The number of nitrogens with zero attached hydrogens (tertiary/aromatic N) is 3. The van der Waals surface area contributed by atoms with E-state index in [-0.39, 0.29) is 29.6 Å². The van der Waals surface area contributed by atoms with Gasteiger partial charge in [-0.05, 0) is 44.5 Å². The summed E-state index contributed by atoms with van der Waals surface area (Å²) >= 11 is 0. The zero-order valence-electron chi connectivity index (χ0n) is 21.0. The molecule has 2 aromatic carbocycles. The molecule has 0 aliphatic heterocycles. The third-order valence-electron chi connectivity index (χ3n) is 6.15. The lowest BCUT2D eigenvalue weighted by molar-refractivity contribution is 0.0942. The minimum Gasteiger partial charge on any atom is -0.465 e. The van der Waals surface area contributed by atoms with Crippen LogP contribution in [0, 0.1) is 13.8 Å². The Kier molecular flexibility index (Phi) is 6.61. The lowest BCUT2D eigenvalue weighted by atomic mass is 9.98. The van der Waals surface area contributed by atoms with E-state index in [1.165, 1.54) is 6.20 Å². The van der Waals surface area contributed by atoms with Gasteiger partial charge in [-0.25, -0.2) is 4.98 Å². The van der Waals surface area contributed by atoms with Crippen molar-refractivity contribution in [1.29, 1.82) is 0 Å². The number of hydrogen-bond donors (Lipinski definition) is 3. The molecule has 0 spiro atoms. The van der Waals surface area contributed by atoms with Gasteiger partial charge in [-0.3, -0.25) is 9.59 Å². The number of amides is 1. The van der Waals surface area contributed by atoms with Gasteiger partial charge in [0.1, 0.15) is 11.3 Å². The fourth-order valence-electron chi connectivity index (χ4n) is 4.32. The highest BCUT2D eigenvalue weighted by Gasteiger charge is 2.21. The van der Waals surface area contributed by atoms with E-state index in [1.54, 1.807) is 19.1 Å².